The number of hydrogen-bond acceptors (Lipinski definition) is 18. The van der Waals surface area contributed by atoms with Crippen LogP contribution < -0.4 is 24.8 Å². The fourth-order valence-corrected chi connectivity index (χ4v) is 8.57. The Morgan fingerprint density at radius 2 is 1.12 bits per heavy atom. The molecule has 4 aromatic carbocycles. The predicted molar refractivity (Wildman–Crippen MR) is 281 cm³/mol. The van der Waals surface area contributed by atoms with E-state index in [0.717, 1.165) is 96.7 Å². The molecule has 392 valence electrons. The van der Waals surface area contributed by atoms with Gasteiger partial charge in [-0.2, -0.15) is 4.39 Å². The Kier molecular flexibility index (Phi) is 17.7. The van der Waals surface area contributed by atoms with Gasteiger partial charge in [0.05, 0.1) is 79.9 Å². The van der Waals surface area contributed by atoms with Gasteiger partial charge in [0.2, 0.25) is 23.5 Å². The molecule has 0 aliphatic carbocycles. The van der Waals surface area contributed by atoms with Crippen molar-refractivity contribution in [3.05, 3.63) is 136 Å². The van der Waals surface area contributed by atoms with Gasteiger partial charge in [-0.3, -0.25) is 30.0 Å². The lowest BCUT2D eigenvalue weighted by atomic mass is 10.1. The molecule has 2 aliphatic heterocycles. The Balaban J connectivity index is 0.000000174. The summed E-state index contributed by atoms with van der Waals surface area (Å²) in [7, 11) is 6.78. The fraction of sp³-hybridized carbons (Fsp3) is 0.308. The minimum Gasteiger partial charge on any atom is -0.494 e. The molecule has 6 heterocycles. The van der Waals surface area contributed by atoms with Crippen LogP contribution in [0.2, 0.25) is 0 Å². The maximum atomic E-state index is 13.9. The van der Waals surface area contributed by atoms with Crippen LogP contribution in [0.5, 0.6) is 17.2 Å². The van der Waals surface area contributed by atoms with Gasteiger partial charge in [0.15, 0.2) is 0 Å². The SMILES string of the molecule is COc1cc(F)c([N+](=O)[O-])cc1Nc1nccc(-c2cn(C)c3ccccc23)n1.COc1cc(OCCN2CCOCC2)c([N+](=O)[O-])cc1Nc1nccc(-c2cn(C)c3ccccc23)n1.OCCN1CCOCC1. The van der Waals surface area contributed by atoms with E-state index in [2.05, 4.69) is 40.4 Å². The average molecular weight is 1030 g/mol. The minimum atomic E-state index is -0.983. The number of nitro groups is 2. The van der Waals surface area contributed by atoms with Gasteiger partial charge in [-0.1, -0.05) is 36.4 Å². The van der Waals surface area contributed by atoms with Crippen molar-refractivity contribution in [3.8, 4) is 39.8 Å². The Labute approximate surface area is 430 Å². The quantitative estimate of drug-likeness (QED) is 0.0618. The number of fused-ring (bicyclic) bond motifs is 2. The molecule has 4 aromatic heterocycles. The highest BCUT2D eigenvalue weighted by Gasteiger charge is 2.23. The second-order valence-corrected chi connectivity index (χ2v) is 17.1. The van der Waals surface area contributed by atoms with Crippen LogP contribution in [0.15, 0.2) is 110 Å². The highest BCUT2D eigenvalue weighted by molar-refractivity contribution is 5.96. The summed E-state index contributed by atoms with van der Waals surface area (Å²) in [6.07, 6.45) is 7.22. The minimum absolute atomic E-state index is 0.104. The molecule has 3 N–H and O–H groups in total. The average Bonchev–Trinajstić information content (AvgIpc) is 3.96. The van der Waals surface area contributed by atoms with Crippen molar-refractivity contribution >= 4 is 56.5 Å². The maximum Gasteiger partial charge on any atom is 0.313 e. The van der Waals surface area contributed by atoms with Crippen molar-refractivity contribution < 1.29 is 43.0 Å². The Morgan fingerprint density at radius 1 is 0.653 bits per heavy atom. The van der Waals surface area contributed by atoms with E-state index in [1.165, 1.54) is 26.4 Å². The number of halogens is 1. The number of ether oxygens (including phenoxy) is 5. The summed E-state index contributed by atoms with van der Waals surface area (Å²) in [4.78, 5) is 43.7. The van der Waals surface area contributed by atoms with Crippen LogP contribution in [0.4, 0.5) is 39.0 Å². The van der Waals surface area contributed by atoms with E-state index in [4.69, 9.17) is 28.8 Å². The Bertz CT molecular complexity index is 3250. The van der Waals surface area contributed by atoms with Gasteiger partial charge in [-0.25, -0.2) is 19.9 Å². The molecule has 0 atom stereocenters. The summed E-state index contributed by atoms with van der Waals surface area (Å²) in [6.45, 7) is 8.59. The number of aliphatic hydroxyl groups is 1. The summed E-state index contributed by atoms with van der Waals surface area (Å²) in [5, 5.41) is 39.5. The number of rotatable bonds is 16. The van der Waals surface area contributed by atoms with Gasteiger partial charge in [0.1, 0.15) is 18.1 Å². The van der Waals surface area contributed by atoms with E-state index >= 15 is 0 Å². The Morgan fingerprint density at radius 3 is 1.60 bits per heavy atom. The van der Waals surface area contributed by atoms with Crippen molar-refractivity contribution in [1.82, 2.24) is 38.9 Å². The number of aromatic nitrogens is 6. The third kappa shape index (κ3) is 13.1. The molecule has 2 aliphatic rings. The van der Waals surface area contributed by atoms with E-state index in [9.17, 15) is 24.6 Å². The van der Waals surface area contributed by atoms with Crippen molar-refractivity contribution in [2.75, 3.05) is 104 Å². The smallest absolute Gasteiger partial charge is 0.313 e. The zero-order valence-corrected chi connectivity index (χ0v) is 41.8. The highest BCUT2D eigenvalue weighted by Crippen LogP contribution is 2.40. The summed E-state index contributed by atoms with van der Waals surface area (Å²) in [5.74, 6) is 0.140. The van der Waals surface area contributed by atoms with Gasteiger partial charge in [0.25, 0.3) is 0 Å². The number of nitrogens with one attached hydrogen (secondary N) is 2. The van der Waals surface area contributed by atoms with Crippen LogP contribution in [-0.2, 0) is 23.6 Å². The predicted octanol–water partition coefficient (Wildman–Crippen LogP) is 7.75. The summed E-state index contributed by atoms with van der Waals surface area (Å²) >= 11 is 0. The first-order valence-corrected chi connectivity index (χ1v) is 24.0. The van der Waals surface area contributed by atoms with Crippen molar-refractivity contribution in [2.45, 2.75) is 0 Å². The number of anilines is 4. The van der Waals surface area contributed by atoms with Crippen LogP contribution >= 0.6 is 0 Å². The van der Waals surface area contributed by atoms with Gasteiger partial charge in [-0.05, 0) is 24.3 Å². The highest BCUT2D eigenvalue weighted by atomic mass is 19.1. The topological polar surface area (TPSA) is 245 Å². The molecule has 0 bridgehead atoms. The van der Waals surface area contributed by atoms with Crippen molar-refractivity contribution in [2.24, 2.45) is 14.1 Å². The molecule has 2 saturated heterocycles. The zero-order valence-electron chi connectivity index (χ0n) is 41.8. The molecule has 75 heavy (non-hydrogen) atoms. The molecule has 0 spiro atoms. The number of para-hydroxylation sites is 2. The van der Waals surface area contributed by atoms with E-state index in [-0.39, 0.29) is 35.4 Å². The monoisotopic (exact) mass is 1030 g/mol. The maximum absolute atomic E-state index is 13.9. The largest absolute Gasteiger partial charge is 0.494 e. The lowest BCUT2D eigenvalue weighted by Gasteiger charge is -2.26. The van der Waals surface area contributed by atoms with Gasteiger partial charge in [-0.15, -0.1) is 0 Å². The van der Waals surface area contributed by atoms with Crippen LogP contribution in [0, 0.1) is 26.0 Å². The number of aliphatic hydroxyl groups excluding tert-OH is 1. The zero-order chi connectivity index (χ0) is 52.8. The second kappa shape index (κ2) is 25.1. The van der Waals surface area contributed by atoms with E-state index in [0.29, 0.717) is 49.4 Å². The summed E-state index contributed by atoms with van der Waals surface area (Å²) in [6, 6.07) is 24.5. The molecule has 0 amide bonds. The van der Waals surface area contributed by atoms with Crippen molar-refractivity contribution in [3.63, 3.8) is 0 Å². The normalized spacial score (nSPS) is 13.8. The van der Waals surface area contributed by atoms with Crippen molar-refractivity contribution in [1.29, 1.82) is 0 Å². The molecular weight excluding hydrogens is 972 g/mol. The van der Waals surface area contributed by atoms with Gasteiger partial charge >= 0.3 is 11.4 Å². The van der Waals surface area contributed by atoms with E-state index in [1.54, 1.807) is 18.5 Å². The number of benzene rings is 4. The molecule has 0 unspecified atom stereocenters. The number of hydrogen-bond donors (Lipinski definition) is 3. The number of methoxy groups -OCH3 is 2. The molecule has 0 radical (unpaired) electrons. The number of nitro benzene ring substituents is 2. The molecule has 2 fully saturated rings. The molecule has 8 aromatic rings. The van der Waals surface area contributed by atoms with Crippen LogP contribution in [0.1, 0.15) is 0 Å². The lowest BCUT2D eigenvalue weighted by molar-refractivity contribution is -0.387. The lowest BCUT2D eigenvalue weighted by Crippen LogP contribution is -2.38. The number of β-amino-alcohol motifs (C(OH)–C–C–N with tert-alkyl or cyclic N) is 1. The molecular formula is C52H57FN12O10. The molecule has 23 heteroatoms. The standard InChI is InChI=1S/C26H28N6O5.C20H16FN5O3.C6H13NO2/c1-30-17-19(18-5-3-4-6-22(18)30)20-7-8-27-26(28-20)29-21-15-23(32(33)34)25(16-24(21)35-2)37-14-11-31-9-12-36-13-10-31;1-25-11-13(12-5-3-4-6-17(12)25)15-7-8-22-20(23-15)24-16-10-18(26(27)28)14(21)9-19(16)29-2;8-4-1-7-2-5-9-6-3-7/h3-8,15-17H,9-14H2,1-2H3,(H,27,28,29);3-11H,1-2H3,(H,22,23,24);8H,1-6H2. The Hall–Kier alpha value is -8.35. The van der Waals surface area contributed by atoms with Gasteiger partial charge in [0, 0.05) is 135 Å². The number of aryl methyl sites for hydroxylation is 2. The third-order valence-electron chi connectivity index (χ3n) is 12.4. The fourth-order valence-electron chi connectivity index (χ4n) is 8.57. The van der Waals surface area contributed by atoms with Crippen LogP contribution in [0.3, 0.4) is 0 Å². The summed E-state index contributed by atoms with van der Waals surface area (Å²) in [5.41, 5.74) is 5.16. The van der Waals surface area contributed by atoms with Crippen LogP contribution in [0.25, 0.3) is 44.3 Å². The third-order valence-corrected chi connectivity index (χ3v) is 12.4. The number of nitrogens with zero attached hydrogens (tertiary/aromatic N) is 10. The first-order chi connectivity index (χ1) is 36.4. The van der Waals surface area contributed by atoms with E-state index in [1.807, 2.05) is 90.2 Å². The number of morpholine rings is 2. The van der Waals surface area contributed by atoms with Crippen LogP contribution in [-0.4, -0.2) is 147 Å². The first-order valence-electron chi connectivity index (χ1n) is 24.0. The summed E-state index contributed by atoms with van der Waals surface area (Å²) < 4.78 is 44.8. The second-order valence-electron chi connectivity index (χ2n) is 17.1. The molecule has 22 nitrogen and oxygen atoms in total. The molecule has 10 rings (SSSR count). The van der Waals surface area contributed by atoms with E-state index < -0.39 is 21.4 Å². The first kappa shape index (κ1) is 53.0. The van der Waals surface area contributed by atoms with Gasteiger partial charge < -0.3 is 48.6 Å². The molecule has 0 saturated carbocycles.